The summed E-state index contributed by atoms with van der Waals surface area (Å²) in [7, 11) is 0. The molecule has 0 aromatic heterocycles. The predicted molar refractivity (Wildman–Crippen MR) is 124 cm³/mol. The summed E-state index contributed by atoms with van der Waals surface area (Å²) >= 11 is 0. The van der Waals surface area contributed by atoms with Crippen LogP contribution in [0.15, 0.2) is 0 Å². The minimum absolute atomic E-state index is 0.373. The average Bonchev–Trinajstić information content (AvgIpc) is 2.76. The van der Waals surface area contributed by atoms with E-state index in [1.54, 1.807) is 0 Å². The molecule has 0 aromatic carbocycles. The van der Waals surface area contributed by atoms with Gasteiger partial charge in [0.2, 0.25) is 5.91 Å². The number of nitrogens with one attached hydrogen (secondary N) is 1. The molecule has 2 aliphatic rings. The lowest BCUT2D eigenvalue weighted by molar-refractivity contribution is -0.137. The van der Waals surface area contributed by atoms with Gasteiger partial charge in [0.05, 0.1) is 6.54 Å². The first-order chi connectivity index (χ1) is 14.3. The molecule has 4 heteroatoms. The van der Waals surface area contributed by atoms with Crippen molar-refractivity contribution in [2.75, 3.05) is 32.7 Å². The standard InChI is InChI=1S/C25H49N3O/c1-3-5-19-27(20-6-4-2)21-13-18-26-22-25(29)28(23-14-9-7-10-15-23)24-16-11-8-12-17-24/h23-24,26H,3-22H2,1-2H3. The molecule has 2 saturated carbocycles. The van der Waals surface area contributed by atoms with E-state index in [1.165, 1.54) is 103 Å². The van der Waals surface area contributed by atoms with Crippen LogP contribution in [0.4, 0.5) is 0 Å². The molecular formula is C25H49N3O. The zero-order valence-electron chi connectivity index (χ0n) is 19.6. The number of carbonyl (C=O) groups is 1. The highest BCUT2D eigenvalue weighted by Gasteiger charge is 2.31. The van der Waals surface area contributed by atoms with Gasteiger partial charge >= 0.3 is 0 Å². The third kappa shape index (κ3) is 9.38. The van der Waals surface area contributed by atoms with Gasteiger partial charge in [-0.25, -0.2) is 0 Å². The van der Waals surface area contributed by atoms with E-state index in [1.807, 2.05) is 0 Å². The molecule has 0 atom stereocenters. The highest BCUT2D eigenvalue weighted by Crippen LogP contribution is 2.30. The Labute approximate surface area is 181 Å². The molecule has 0 aromatic rings. The minimum Gasteiger partial charge on any atom is -0.336 e. The van der Waals surface area contributed by atoms with E-state index < -0.39 is 0 Å². The Morgan fingerprint density at radius 1 is 0.759 bits per heavy atom. The monoisotopic (exact) mass is 407 g/mol. The fourth-order valence-corrected chi connectivity index (χ4v) is 5.24. The van der Waals surface area contributed by atoms with Crippen molar-refractivity contribution in [3.05, 3.63) is 0 Å². The van der Waals surface area contributed by atoms with Crippen LogP contribution in [0.2, 0.25) is 0 Å². The lowest BCUT2D eigenvalue weighted by Crippen LogP contribution is -2.51. The minimum atomic E-state index is 0.373. The molecule has 0 unspecified atom stereocenters. The quantitative estimate of drug-likeness (QED) is 0.394. The second-order valence-corrected chi connectivity index (χ2v) is 9.46. The van der Waals surface area contributed by atoms with Gasteiger partial charge in [-0.15, -0.1) is 0 Å². The summed E-state index contributed by atoms with van der Waals surface area (Å²) in [6.07, 6.45) is 19.1. The van der Waals surface area contributed by atoms with Crippen molar-refractivity contribution in [2.45, 2.75) is 122 Å². The summed E-state index contributed by atoms with van der Waals surface area (Å²) in [4.78, 5) is 18.1. The van der Waals surface area contributed by atoms with E-state index >= 15 is 0 Å². The third-order valence-electron chi connectivity index (χ3n) is 6.98. The van der Waals surface area contributed by atoms with Crippen LogP contribution in [0.5, 0.6) is 0 Å². The van der Waals surface area contributed by atoms with Gasteiger partial charge in [-0.05, 0) is 71.1 Å². The maximum Gasteiger partial charge on any atom is 0.237 e. The first-order valence-corrected chi connectivity index (χ1v) is 13.0. The number of unbranched alkanes of at least 4 members (excludes halogenated alkanes) is 2. The molecule has 0 aliphatic heterocycles. The number of rotatable bonds is 14. The lowest BCUT2D eigenvalue weighted by atomic mass is 9.88. The normalized spacial score (nSPS) is 19.0. The number of carbonyl (C=O) groups excluding carboxylic acids is 1. The van der Waals surface area contributed by atoms with Crippen LogP contribution in [0.3, 0.4) is 0 Å². The Bertz CT molecular complexity index is 390. The van der Waals surface area contributed by atoms with Crippen molar-refractivity contribution >= 4 is 5.91 Å². The van der Waals surface area contributed by atoms with Gasteiger partial charge in [0, 0.05) is 12.1 Å². The summed E-state index contributed by atoms with van der Waals surface area (Å²) in [5.74, 6) is 0.373. The predicted octanol–water partition coefficient (Wildman–Crippen LogP) is 5.36. The van der Waals surface area contributed by atoms with Crippen LogP contribution in [-0.2, 0) is 4.79 Å². The molecule has 0 heterocycles. The van der Waals surface area contributed by atoms with E-state index in [2.05, 4.69) is 29.0 Å². The fourth-order valence-electron chi connectivity index (χ4n) is 5.24. The van der Waals surface area contributed by atoms with E-state index in [0.29, 0.717) is 24.5 Å². The Morgan fingerprint density at radius 2 is 1.24 bits per heavy atom. The molecule has 4 nitrogen and oxygen atoms in total. The van der Waals surface area contributed by atoms with Crippen LogP contribution in [-0.4, -0.2) is 60.5 Å². The van der Waals surface area contributed by atoms with Crippen LogP contribution in [0.1, 0.15) is 110 Å². The topological polar surface area (TPSA) is 35.6 Å². The molecular weight excluding hydrogens is 358 g/mol. The molecule has 170 valence electrons. The smallest absolute Gasteiger partial charge is 0.237 e. The van der Waals surface area contributed by atoms with Crippen molar-refractivity contribution in [3.63, 3.8) is 0 Å². The third-order valence-corrected chi connectivity index (χ3v) is 6.98. The summed E-state index contributed by atoms with van der Waals surface area (Å²) < 4.78 is 0. The maximum atomic E-state index is 13.2. The van der Waals surface area contributed by atoms with Gasteiger partial charge < -0.3 is 15.1 Å². The first-order valence-electron chi connectivity index (χ1n) is 13.0. The summed E-state index contributed by atoms with van der Waals surface area (Å²) in [5, 5.41) is 3.49. The second-order valence-electron chi connectivity index (χ2n) is 9.46. The molecule has 1 N–H and O–H groups in total. The van der Waals surface area contributed by atoms with Crippen LogP contribution in [0, 0.1) is 0 Å². The van der Waals surface area contributed by atoms with Crippen molar-refractivity contribution in [2.24, 2.45) is 0 Å². The van der Waals surface area contributed by atoms with Crippen LogP contribution in [0.25, 0.3) is 0 Å². The zero-order chi connectivity index (χ0) is 20.7. The molecule has 0 saturated heterocycles. The number of nitrogens with zero attached hydrogens (tertiary/aromatic N) is 2. The molecule has 29 heavy (non-hydrogen) atoms. The maximum absolute atomic E-state index is 13.2. The average molecular weight is 408 g/mol. The van der Waals surface area contributed by atoms with Gasteiger partial charge in [-0.3, -0.25) is 4.79 Å². The Balaban J connectivity index is 1.73. The number of hydrogen-bond acceptors (Lipinski definition) is 3. The Kier molecular flexibility index (Phi) is 12.9. The number of amides is 1. The molecule has 0 bridgehead atoms. The van der Waals surface area contributed by atoms with Crippen LogP contribution >= 0.6 is 0 Å². The van der Waals surface area contributed by atoms with Gasteiger partial charge in [0.25, 0.3) is 0 Å². The van der Waals surface area contributed by atoms with Gasteiger partial charge in [-0.2, -0.15) is 0 Å². The molecule has 2 fully saturated rings. The highest BCUT2D eigenvalue weighted by molar-refractivity contribution is 5.79. The van der Waals surface area contributed by atoms with Crippen molar-refractivity contribution in [1.29, 1.82) is 0 Å². The first kappa shape index (κ1) is 24.7. The summed E-state index contributed by atoms with van der Waals surface area (Å²) in [6.45, 7) is 9.67. The van der Waals surface area contributed by atoms with Gasteiger partial charge in [0.15, 0.2) is 0 Å². The summed E-state index contributed by atoms with van der Waals surface area (Å²) in [6, 6.07) is 1.03. The van der Waals surface area contributed by atoms with E-state index in [-0.39, 0.29) is 0 Å². The van der Waals surface area contributed by atoms with Gasteiger partial charge in [0.1, 0.15) is 0 Å². The van der Waals surface area contributed by atoms with E-state index in [9.17, 15) is 4.79 Å². The summed E-state index contributed by atoms with van der Waals surface area (Å²) in [5.41, 5.74) is 0. The zero-order valence-corrected chi connectivity index (χ0v) is 19.6. The molecule has 0 radical (unpaired) electrons. The second kappa shape index (κ2) is 15.2. The Morgan fingerprint density at radius 3 is 1.72 bits per heavy atom. The largest absolute Gasteiger partial charge is 0.336 e. The number of hydrogen-bond donors (Lipinski definition) is 1. The van der Waals surface area contributed by atoms with E-state index in [0.717, 1.165) is 19.5 Å². The molecule has 2 rings (SSSR count). The van der Waals surface area contributed by atoms with Crippen molar-refractivity contribution in [3.8, 4) is 0 Å². The fraction of sp³-hybridized carbons (Fsp3) is 0.960. The SMILES string of the molecule is CCCCN(CCCC)CCCNCC(=O)N(C1CCCCC1)C1CCCCC1. The van der Waals surface area contributed by atoms with Crippen molar-refractivity contribution < 1.29 is 4.79 Å². The lowest BCUT2D eigenvalue weighted by Gasteiger charge is -2.42. The van der Waals surface area contributed by atoms with Gasteiger partial charge in [-0.1, -0.05) is 65.2 Å². The van der Waals surface area contributed by atoms with Crippen LogP contribution < -0.4 is 5.32 Å². The van der Waals surface area contributed by atoms with E-state index in [4.69, 9.17) is 0 Å². The molecule has 2 aliphatic carbocycles. The Hall–Kier alpha value is -0.610. The molecule has 1 amide bonds. The highest BCUT2D eigenvalue weighted by atomic mass is 16.2. The molecule has 0 spiro atoms. The van der Waals surface area contributed by atoms with Crippen molar-refractivity contribution in [1.82, 2.24) is 15.1 Å².